The minimum absolute atomic E-state index is 0. The van der Waals surface area contributed by atoms with E-state index < -0.39 is 6.36 Å². The molecule has 0 aromatic heterocycles. The smallest absolute Gasteiger partial charge is 0.496 e. The third kappa shape index (κ3) is 5.30. The second-order valence-corrected chi connectivity index (χ2v) is 4.92. The lowest BCUT2D eigenvalue weighted by Crippen LogP contribution is -2.44. The maximum absolute atomic E-state index is 12.4. The summed E-state index contributed by atoms with van der Waals surface area (Å²) in [7, 11) is 1.49. The summed E-state index contributed by atoms with van der Waals surface area (Å²) in [4.78, 5) is 2.14. The van der Waals surface area contributed by atoms with Crippen LogP contribution in [0.1, 0.15) is 11.6 Å². The van der Waals surface area contributed by atoms with Gasteiger partial charge in [-0.25, -0.2) is 0 Å². The van der Waals surface area contributed by atoms with Crippen LogP contribution in [0, 0.1) is 0 Å². The standard InChI is InChI=1S/C15H19F3N2O2.ClH/c1-3-13(20-8-6-19-7-9-20)12-10-11(22-15(16,17)18)4-5-14(12)21-2;/h3-5,10,13,19H,1,6-9H2,2H3;1H/t13-;/m0./s1. The summed E-state index contributed by atoms with van der Waals surface area (Å²) in [5.41, 5.74) is 0.612. The van der Waals surface area contributed by atoms with E-state index in [9.17, 15) is 13.2 Å². The van der Waals surface area contributed by atoms with E-state index in [4.69, 9.17) is 4.74 Å². The summed E-state index contributed by atoms with van der Waals surface area (Å²) in [6.45, 7) is 7.03. The molecule has 1 N–H and O–H groups in total. The number of ether oxygens (including phenoxy) is 2. The van der Waals surface area contributed by atoms with Crippen LogP contribution in [0.4, 0.5) is 13.2 Å². The molecular weight excluding hydrogens is 333 g/mol. The molecule has 4 nitrogen and oxygen atoms in total. The lowest BCUT2D eigenvalue weighted by molar-refractivity contribution is -0.274. The van der Waals surface area contributed by atoms with Crippen molar-refractivity contribution in [1.29, 1.82) is 0 Å². The average molecular weight is 353 g/mol. The van der Waals surface area contributed by atoms with Crippen molar-refractivity contribution in [3.05, 3.63) is 36.4 Å². The van der Waals surface area contributed by atoms with Crippen LogP contribution in [0.25, 0.3) is 0 Å². The van der Waals surface area contributed by atoms with Crippen molar-refractivity contribution in [2.24, 2.45) is 0 Å². The Bertz CT molecular complexity index is 520. The Balaban J connectivity index is 0.00000264. The van der Waals surface area contributed by atoms with E-state index in [1.807, 2.05) is 0 Å². The molecule has 2 rings (SSSR count). The minimum Gasteiger partial charge on any atom is -0.496 e. The van der Waals surface area contributed by atoms with Gasteiger partial charge in [-0.05, 0) is 18.2 Å². The van der Waals surface area contributed by atoms with E-state index in [2.05, 4.69) is 21.5 Å². The van der Waals surface area contributed by atoms with Crippen LogP contribution in [0.3, 0.4) is 0 Å². The molecule has 1 aliphatic rings. The number of piperazine rings is 1. The first-order valence-corrected chi connectivity index (χ1v) is 6.95. The van der Waals surface area contributed by atoms with E-state index in [-0.39, 0.29) is 24.2 Å². The van der Waals surface area contributed by atoms with Crippen LogP contribution in [-0.2, 0) is 0 Å². The second kappa shape index (κ2) is 8.42. The van der Waals surface area contributed by atoms with Crippen LogP contribution >= 0.6 is 12.4 Å². The highest BCUT2D eigenvalue weighted by Gasteiger charge is 2.32. The summed E-state index contributed by atoms with van der Waals surface area (Å²) >= 11 is 0. The number of rotatable bonds is 5. The first kappa shape index (κ1) is 19.6. The quantitative estimate of drug-likeness (QED) is 0.825. The summed E-state index contributed by atoms with van der Waals surface area (Å²) in [6, 6.07) is 3.86. The first-order chi connectivity index (χ1) is 10.4. The maximum Gasteiger partial charge on any atom is 0.573 e. The fraction of sp³-hybridized carbons (Fsp3) is 0.467. The second-order valence-electron chi connectivity index (χ2n) is 4.92. The average Bonchev–Trinajstić information content (AvgIpc) is 2.48. The third-order valence-corrected chi connectivity index (χ3v) is 3.52. The molecule has 0 amide bonds. The molecule has 1 fully saturated rings. The number of nitrogens with one attached hydrogen (secondary N) is 1. The molecule has 0 spiro atoms. The monoisotopic (exact) mass is 352 g/mol. The molecular formula is C15H20ClF3N2O2. The highest BCUT2D eigenvalue weighted by Crippen LogP contribution is 2.35. The molecule has 0 unspecified atom stereocenters. The summed E-state index contributed by atoms with van der Waals surface area (Å²) < 4.78 is 46.5. The number of hydrogen-bond donors (Lipinski definition) is 1. The van der Waals surface area contributed by atoms with Crippen molar-refractivity contribution in [1.82, 2.24) is 10.2 Å². The van der Waals surface area contributed by atoms with Crippen molar-refractivity contribution in [3.8, 4) is 11.5 Å². The maximum atomic E-state index is 12.4. The normalized spacial score (nSPS) is 17.0. The molecule has 1 aromatic rings. The number of benzene rings is 1. The molecule has 1 atom stereocenters. The fourth-order valence-electron chi connectivity index (χ4n) is 2.57. The van der Waals surface area contributed by atoms with Crippen LogP contribution < -0.4 is 14.8 Å². The van der Waals surface area contributed by atoms with Crippen molar-refractivity contribution in [2.45, 2.75) is 12.4 Å². The molecule has 0 bridgehead atoms. The molecule has 1 aromatic carbocycles. The Kier molecular flexibility index (Phi) is 7.18. The minimum atomic E-state index is -4.72. The zero-order valence-corrected chi connectivity index (χ0v) is 13.5. The van der Waals surface area contributed by atoms with Gasteiger partial charge >= 0.3 is 6.36 Å². The highest BCUT2D eigenvalue weighted by atomic mass is 35.5. The number of nitrogens with zero attached hydrogens (tertiary/aromatic N) is 1. The molecule has 0 radical (unpaired) electrons. The van der Waals surface area contributed by atoms with Gasteiger partial charge in [0, 0.05) is 31.7 Å². The topological polar surface area (TPSA) is 33.7 Å². The van der Waals surface area contributed by atoms with E-state index in [0.29, 0.717) is 11.3 Å². The van der Waals surface area contributed by atoms with Gasteiger partial charge in [-0.15, -0.1) is 32.2 Å². The van der Waals surface area contributed by atoms with Gasteiger partial charge in [-0.1, -0.05) is 6.08 Å². The van der Waals surface area contributed by atoms with Crippen molar-refractivity contribution >= 4 is 12.4 Å². The molecule has 0 aliphatic carbocycles. The predicted octanol–water partition coefficient (Wildman–Crippen LogP) is 3.15. The number of alkyl halides is 3. The number of hydrogen-bond acceptors (Lipinski definition) is 4. The van der Waals surface area contributed by atoms with E-state index >= 15 is 0 Å². The van der Waals surface area contributed by atoms with Crippen LogP contribution in [0.2, 0.25) is 0 Å². The van der Waals surface area contributed by atoms with Crippen molar-refractivity contribution in [3.63, 3.8) is 0 Å². The SMILES string of the molecule is C=C[C@@H](c1cc(OC(F)(F)F)ccc1OC)N1CCNCC1.Cl. The summed E-state index contributed by atoms with van der Waals surface area (Å²) in [5, 5.41) is 3.24. The lowest BCUT2D eigenvalue weighted by atomic mass is 10.0. The summed E-state index contributed by atoms with van der Waals surface area (Å²) in [5.74, 6) is 0.253. The van der Waals surface area contributed by atoms with E-state index in [1.165, 1.54) is 25.3 Å². The zero-order valence-electron chi connectivity index (χ0n) is 12.7. The van der Waals surface area contributed by atoms with Gasteiger partial charge in [0.1, 0.15) is 11.5 Å². The zero-order chi connectivity index (χ0) is 16.2. The number of methoxy groups -OCH3 is 1. The molecule has 8 heteroatoms. The van der Waals surface area contributed by atoms with Gasteiger partial charge < -0.3 is 14.8 Å². The molecule has 130 valence electrons. The predicted molar refractivity (Wildman–Crippen MR) is 84.3 cm³/mol. The molecule has 1 saturated heterocycles. The van der Waals surface area contributed by atoms with E-state index in [0.717, 1.165) is 26.2 Å². The van der Waals surface area contributed by atoms with Crippen LogP contribution in [0.15, 0.2) is 30.9 Å². The number of halogens is 4. The Hall–Kier alpha value is -1.44. The van der Waals surface area contributed by atoms with Gasteiger partial charge in [0.15, 0.2) is 0 Å². The van der Waals surface area contributed by atoms with Gasteiger partial charge in [0.2, 0.25) is 0 Å². The first-order valence-electron chi connectivity index (χ1n) is 6.95. The fourth-order valence-corrected chi connectivity index (χ4v) is 2.57. The van der Waals surface area contributed by atoms with Gasteiger partial charge in [-0.2, -0.15) is 0 Å². The van der Waals surface area contributed by atoms with Gasteiger partial charge in [0.05, 0.1) is 13.2 Å². The Morgan fingerprint density at radius 1 is 1.30 bits per heavy atom. The van der Waals surface area contributed by atoms with Gasteiger partial charge in [-0.3, -0.25) is 4.90 Å². The third-order valence-electron chi connectivity index (χ3n) is 3.52. The lowest BCUT2D eigenvalue weighted by Gasteiger charge is -2.34. The molecule has 23 heavy (non-hydrogen) atoms. The largest absolute Gasteiger partial charge is 0.573 e. The summed E-state index contributed by atoms with van der Waals surface area (Å²) in [6.07, 6.45) is -3.01. The van der Waals surface area contributed by atoms with Gasteiger partial charge in [0.25, 0.3) is 0 Å². The van der Waals surface area contributed by atoms with Crippen LogP contribution in [0.5, 0.6) is 11.5 Å². The molecule has 1 aliphatic heterocycles. The molecule has 0 saturated carbocycles. The van der Waals surface area contributed by atoms with Crippen LogP contribution in [-0.4, -0.2) is 44.6 Å². The highest BCUT2D eigenvalue weighted by molar-refractivity contribution is 5.85. The Labute approximate surface area is 139 Å². The Morgan fingerprint density at radius 2 is 1.96 bits per heavy atom. The van der Waals surface area contributed by atoms with E-state index in [1.54, 1.807) is 6.08 Å². The van der Waals surface area contributed by atoms with Crippen molar-refractivity contribution in [2.75, 3.05) is 33.3 Å². The molecule has 1 heterocycles. The van der Waals surface area contributed by atoms with Crippen molar-refractivity contribution < 1.29 is 22.6 Å². The Morgan fingerprint density at radius 3 is 2.48 bits per heavy atom.